The first-order valence-electron chi connectivity index (χ1n) is 8.64. The molecule has 1 aromatic rings. The molecule has 0 radical (unpaired) electrons. The number of hydrogen-bond donors (Lipinski definition) is 2. The first kappa shape index (κ1) is 20.1. The monoisotopic (exact) mass is 380 g/mol. The molecule has 0 aliphatic carbocycles. The van der Waals surface area contributed by atoms with Gasteiger partial charge in [-0.1, -0.05) is 6.92 Å². The summed E-state index contributed by atoms with van der Waals surface area (Å²) >= 11 is 1.29. The SMILES string of the molecule is CCCOc1ccc(NC(=O)C[C@@H]2SC[C@@H](C(=O)OCC)NC2=O)cc1. The van der Waals surface area contributed by atoms with Crippen molar-refractivity contribution in [1.29, 1.82) is 0 Å². The lowest BCUT2D eigenvalue weighted by Gasteiger charge is -2.27. The molecular weight excluding hydrogens is 356 g/mol. The number of amides is 2. The Balaban J connectivity index is 1.81. The van der Waals surface area contributed by atoms with Gasteiger partial charge in [0.05, 0.1) is 18.5 Å². The fourth-order valence-corrected chi connectivity index (χ4v) is 3.48. The minimum atomic E-state index is -0.651. The Morgan fingerprint density at radius 3 is 2.62 bits per heavy atom. The molecule has 1 fully saturated rings. The molecule has 2 rings (SSSR count). The lowest BCUT2D eigenvalue weighted by Crippen LogP contribution is -2.51. The van der Waals surface area contributed by atoms with Gasteiger partial charge in [-0.3, -0.25) is 9.59 Å². The molecule has 1 aliphatic heterocycles. The second kappa shape index (κ2) is 10.1. The van der Waals surface area contributed by atoms with Crippen LogP contribution in [0.4, 0.5) is 5.69 Å². The van der Waals surface area contributed by atoms with Crippen LogP contribution in [-0.4, -0.2) is 48.0 Å². The highest BCUT2D eigenvalue weighted by atomic mass is 32.2. The van der Waals surface area contributed by atoms with E-state index in [1.54, 1.807) is 31.2 Å². The fraction of sp³-hybridized carbons (Fsp3) is 0.500. The molecule has 0 aromatic heterocycles. The van der Waals surface area contributed by atoms with Crippen molar-refractivity contribution in [1.82, 2.24) is 5.32 Å². The third kappa shape index (κ3) is 5.94. The molecule has 8 heteroatoms. The molecule has 1 heterocycles. The van der Waals surface area contributed by atoms with Gasteiger partial charge < -0.3 is 20.1 Å². The molecule has 2 N–H and O–H groups in total. The third-order valence-electron chi connectivity index (χ3n) is 3.63. The molecule has 2 atom stereocenters. The number of thioether (sulfide) groups is 1. The highest BCUT2D eigenvalue weighted by Crippen LogP contribution is 2.23. The molecular formula is C18H24N2O5S. The highest BCUT2D eigenvalue weighted by Gasteiger charge is 2.34. The zero-order valence-electron chi connectivity index (χ0n) is 14.9. The van der Waals surface area contributed by atoms with Crippen molar-refractivity contribution in [2.24, 2.45) is 0 Å². The minimum Gasteiger partial charge on any atom is -0.494 e. The maximum Gasteiger partial charge on any atom is 0.329 e. The molecule has 26 heavy (non-hydrogen) atoms. The van der Waals surface area contributed by atoms with Crippen molar-refractivity contribution in [3.05, 3.63) is 24.3 Å². The van der Waals surface area contributed by atoms with Gasteiger partial charge in [0.25, 0.3) is 0 Å². The van der Waals surface area contributed by atoms with Gasteiger partial charge in [0.15, 0.2) is 0 Å². The summed E-state index contributed by atoms with van der Waals surface area (Å²) < 4.78 is 10.4. The predicted octanol–water partition coefficient (Wildman–Crippen LogP) is 1.97. The smallest absolute Gasteiger partial charge is 0.329 e. The zero-order chi connectivity index (χ0) is 18.9. The average Bonchev–Trinajstić information content (AvgIpc) is 2.63. The van der Waals surface area contributed by atoms with Crippen LogP contribution in [0.15, 0.2) is 24.3 Å². The molecule has 0 spiro atoms. The van der Waals surface area contributed by atoms with Crippen LogP contribution in [0.2, 0.25) is 0 Å². The van der Waals surface area contributed by atoms with Crippen LogP contribution in [-0.2, 0) is 19.1 Å². The van der Waals surface area contributed by atoms with Gasteiger partial charge in [0, 0.05) is 17.9 Å². The third-order valence-corrected chi connectivity index (χ3v) is 4.93. The summed E-state index contributed by atoms with van der Waals surface area (Å²) in [4.78, 5) is 36.0. The van der Waals surface area contributed by atoms with Crippen molar-refractivity contribution in [2.75, 3.05) is 24.3 Å². The Morgan fingerprint density at radius 1 is 1.27 bits per heavy atom. The Bertz CT molecular complexity index is 635. The number of benzene rings is 1. The van der Waals surface area contributed by atoms with E-state index in [1.165, 1.54) is 11.8 Å². The first-order chi connectivity index (χ1) is 12.5. The number of carbonyl (C=O) groups is 3. The summed E-state index contributed by atoms with van der Waals surface area (Å²) in [5.74, 6) is 0.123. The van der Waals surface area contributed by atoms with Gasteiger partial charge in [-0.2, -0.15) is 0 Å². The minimum absolute atomic E-state index is 0.0418. The number of rotatable bonds is 8. The molecule has 1 saturated heterocycles. The number of hydrogen-bond acceptors (Lipinski definition) is 6. The first-order valence-corrected chi connectivity index (χ1v) is 9.69. The summed E-state index contributed by atoms with van der Waals surface area (Å²) in [6.07, 6.45) is 0.969. The molecule has 0 bridgehead atoms. The maximum absolute atomic E-state index is 12.2. The Morgan fingerprint density at radius 2 is 2.00 bits per heavy atom. The van der Waals surface area contributed by atoms with E-state index < -0.39 is 17.3 Å². The van der Waals surface area contributed by atoms with E-state index in [4.69, 9.17) is 9.47 Å². The van der Waals surface area contributed by atoms with Crippen LogP contribution in [0.25, 0.3) is 0 Å². The maximum atomic E-state index is 12.2. The van der Waals surface area contributed by atoms with Crippen LogP contribution >= 0.6 is 11.8 Å². The van der Waals surface area contributed by atoms with Gasteiger partial charge in [-0.05, 0) is 37.6 Å². The summed E-state index contributed by atoms with van der Waals surface area (Å²) in [5.41, 5.74) is 0.643. The second-order valence-corrected chi connectivity index (χ2v) is 7.00. The van der Waals surface area contributed by atoms with Crippen molar-refractivity contribution in [3.8, 4) is 5.75 Å². The molecule has 0 unspecified atom stereocenters. The summed E-state index contributed by atoms with van der Waals surface area (Å²) in [6, 6.07) is 6.44. The van der Waals surface area contributed by atoms with E-state index in [-0.39, 0.29) is 24.8 Å². The van der Waals surface area contributed by atoms with Crippen LogP contribution in [0.5, 0.6) is 5.75 Å². The molecule has 2 amide bonds. The summed E-state index contributed by atoms with van der Waals surface area (Å²) in [6.45, 7) is 4.66. The van der Waals surface area contributed by atoms with E-state index in [9.17, 15) is 14.4 Å². The molecule has 142 valence electrons. The Labute approximate surface area is 157 Å². The van der Waals surface area contributed by atoms with Gasteiger partial charge in [-0.25, -0.2) is 4.79 Å². The zero-order valence-corrected chi connectivity index (χ0v) is 15.8. The number of esters is 1. The standard InChI is InChI=1S/C18H24N2O5S/c1-3-9-25-13-7-5-12(6-8-13)19-16(21)10-15-17(22)20-14(11-26-15)18(23)24-4-2/h5-8,14-15H,3-4,9-11H2,1-2H3,(H,19,21)(H,20,22)/t14-,15-/m0/s1. The number of carbonyl (C=O) groups excluding carboxylic acids is 3. The van der Waals surface area contributed by atoms with Crippen molar-refractivity contribution < 1.29 is 23.9 Å². The van der Waals surface area contributed by atoms with E-state index in [0.29, 0.717) is 18.0 Å². The Hall–Kier alpha value is -2.22. The normalized spacial score (nSPS) is 19.4. The largest absolute Gasteiger partial charge is 0.494 e. The van der Waals surface area contributed by atoms with Crippen molar-refractivity contribution >= 4 is 35.2 Å². The lowest BCUT2D eigenvalue weighted by atomic mass is 10.2. The summed E-state index contributed by atoms with van der Waals surface area (Å²) in [5, 5.41) is 4.86. The quantitative estimate of drug-likeness (QED) is 0.670. The Kier molecular flexibility index (Phi) is 7.77. The van der Waals surface area contributed by atoms with Gasteiger partial charge in [0.1, 0.15) is 11.8 Å². The van der Waals surface area contributed by atoms with Crippen LogP contribution < -0.4 is 15.4 Å². The van der Waals surface area contributed by atoms with E-state index in [2.05, 4.69) is 10.6 Å². The number of anilines is 1. The number of ether oxygens (including phenoxy) is 2. The van der Waals surface area contributed by atoms with E-state index >= 15 is 0 Å². The molecule has 0 saturated carbocycles. The van der Waals surface area contributed by atoms with E-state index in [1.807, 2.05) is 6.92 Å². The van der Waals surface area contributed by atoms with Gasteiger partial charge in [0.2, 0.25) is 11.8 Å². The highest BCUT2D eigenvalue weighted by molar-refractivity contribution is 8.00. The second-order valence-electron chi connectivity index (χ2n) is 5.76. The molecule has 1 aromatic carbocycles. The average molecular weight is 380 g/mol. The van der Waals surface area contributed by atoms with Crippen LogP contribution in [0.1, 0.15) is 26.7 Å². The van der Waals surface area contributed by atoms with Gasteiger partial charge >= 0.3 is 5.97 Å². The lowest BCUT2D eigenvalue weighted by molar-refractivity contribution is -0.146. The van der Waals surface area contributed by atoms with Gasteiger partial charge in [-0.15, -0.1) is 11.8 Å². The number of nitrogens with one attached hydrogen (secondary N) is 2. The molecule has 1 aliphatic rings. The predicted molar refractivity (Wildman–Crippen MR) is 100 cm³/mol. The molecule has 7 nitrogen and oxygen atoms in total. The fourth-order valence-electron chi connectivity index (χ4n) is 2.35. The van der Waals surface area contributed by atoms with E-state index in [0.717, 1.165) is 12.2 Å². The van der Waals surface area contributed by atoms with Crippen molar-refractivity contribution in [2.45, 2.75) is 38.0 Å². The van der Waals surface area contributed by atoms with Crippen LogP contribution in [0, 0.1) is 0 Å². The summed E-state index contributed by atoms with van der Waals surface area (Å²) in [7, 11) is 0. The van der Waals surface area contributed by atoms with Crippen molar-refractivity contribution in [3.63, 3.8) is 0 Å². The van der Waals surface area contributed by atoms with Crippen LogP contribution in [0.3, 0.4) is 0 Å². The topological polar surface area (TPSA) is 93.7 Å².